The molecule has 0 unspecified atom stereocenters. The van der Waals surface area contributed by atoms with E-state index in [1.54, 1.807) is 18.5 Å². The first-order chi connectivity index (χ1) is 11.3. The fourth-order valence-corrected chi connectivity index (χ4v) is 1.39. The predicted octanol–water partition coefficient (Wildman–Crippen LogP) is 3.67. The molecule has 0 atom stereocenters. The van der Waals surface area contributed by atoms with Crippen LogP contribution in [0.5, 0.6) is 0 Å². The summed E-state index contributed by atoms with van der Waals surface area (Å²) in [7, 11) is 4.69. The summed E-state index contributed by atoms with van der Waals surface area (Å²) in [6, 6.07) is 7.90. The average molecular weight is 502 g/mol. The zero-order valence-corrected chi connectivity index (χ0v) is 15.6. The van der Waals surface area contributed by atoms with Crippen LogP contribution in [0.2, 0.25) is 0 Å². The Bertz CT molecular complexity index is 614. The van der Waals surface area contributed by atoms with E-state index in [1.165, 1.54) is 23.7 Å². The number of hydrogen-bond acceptors (Lipinski definition) is 2. The minimum atomic E-state index is 0.885. The van der Waals surface area contributed by atoms with Gasteiger partial charge in [-0.3, -0.25) is 9.97 Å². The fraction of sp³-hybridized carbons (Fsp3) is 0.0625. The van der Waals surface area contributed by atoms with Crippen molar-refractivity contribution in [2.24, 2.45) is 0 Å². The molecule has 5 nitrogen and oxygen atoms in total. The molecule has 0 N–H and O–H groups in total. The van der Waals surface area contributed by atoms with Crippen LogP contribution in [0.1, 0.15) is 11.1 Å². The Labute approximate surface area is 150 Å². The molecule has 0 aliphatic carbocycles. The number of nitrogens with zero attached hydrogens (tertiary/aromatic N) is 2. The predicted molar refractivity (Wildman–Crippen MR) is 79.9 cm³/mol. The van der Waals surface area contributed by atoms with Gasteiger partial charge in [0.15, 0.2) is 0 Å². The van der Waals surface area contributed by atoms with Gasteiger partial charge in [0.1, 0.15) is 0 Å². The Kier molecular flexibility index (Phi) is 23.0. The molecule has 2 aromatic rings. The van der Waals surface area contributed by atoms with E-state index in [4.69, 9.17) is 23.5 Å². The first kappa shape index (κ1) is 26.1. The zero-order chi connectivity index (χ0) is 18.7. The molecule has 23 heavy (non-hydrogen) atoms. The number of hydrogen-bond donors (Lipinski definition) is 0. The molecular weight excluding hydrogens is 490 g/mol. The van der Waals surface area contributed by atoms with Crippen molar-refractivity contribution in [1.29, 1.82) is 0 Å². The second-order valence-electron chi connectivity index (χ2n) is 3.40. The van der Waals surface area contributed by atoms with E-state index in [1.807, 2.05) is 31.2 Å². The second kappa shape index (κ2) is 20.2. The molecular formula is C16H12ClN2O3Re. The van der Waals surface area contributed by atoms with E-state index >= 15 is 0 Å². The third kappa shape index (κ3) is 11.4. The first-order valence-electron chi connectivity index (χ1n) is 5.56. The summed E-state index contributed by atoms with van der Waals surface area (Å²) >= 11 is 1.19. The van der Waals surface area contributed by atoms with Gasteiger partial charge < -0.3 is 0 Å². The van der Waals surface area contributed by atoms with E-state index in [9.17, 15) is 0 Å². The van der Waals surface area contributed by atoms with Crippen LogP contribution in [0, 0.1) is 26.9 Å². The van der Waals surface area contributed by atoms with Gasteiger partial charge in [-0.1, -0.05) is 12.7 Å². The van der Waals surface area contributed by atoms with Gasteiger partial charge in [-0.2, -0.15) is 0 Å². The Balaban J connectivity index is -0.000000438. The quantitative estimate of drug-likeness (QED) is 0.464. The van der Waals surface area contributed by atoms with Gasteiger partial charge in [0.05, 0.1) is 11.4 Å². The van der Waals surface area contributed by atoms with Crippen molar-refractivity contribution in [2.45, 2.75) is 6.92 Å². The van der Waals surface area contributed by atoms with Gasteiger partial charge in [-0.15, -0.1) is 0 Å². The topological polar surface area (TPSA) is 85.5 Å². The molecule has 2 rings (SSSR count). The molecule has 2 heterocycles. The van der Waals surface area contributed by atoms with Crippen molar-refractivity contribution in [3.63, 3.8) is 0 Å². The Morgan fingerprint density at radius 2 is 1.39 bits per heavy atom. The van der Waals surface area contributed by atoms with Crippen molar-refractivity contribution in [3.05, 3.63) is 74.3 Å². The Morgan fingerprint density at radius 3 is 1.83 bits per heavy atom. The van der Waals surface area contributed by atoms with E-state index in [2.05, 4.69) is 36.5 Å². The summed E-state index contributed by atoms with van der Waals surface area (Å²) in [6.07, 6.45) is 5.38. The van der Waals surface area contributed by atoms with Crippen LogP contribution >= 0.6 is 9.53 Å². The molecule has 0 amide bonds. The summed E-state index contributed by atoms with van der Waals surface area (Å²) in [5.74, 6) is 0. The first-order valence-corrected chi connectivity index (χ1v) is 8.93. The Morgan fingerprint density at radius 1 is 0.957 bits per heavy atom. The third-order valence-electron chi connectivity index (χ3n) is 2.20. The number of halogens is 1. The number of aromatic nitrogens is 2. The van der Waals surface area contributed by atoms with Gasteiger partial charge in [0.25, 0.3) is 0 Å². The van der Waals surface area contributed by atoms with Crippen molar-refractivity contribution in [2.75, 3.05) is 0 Å². The SMILES string of the molecule is C=Cc1ccnc(-c2cc(C)ccn2)c1.[C-]#[O+].[C-]#[O+].[C-]#[O+].[Cl][Re]. The maximum atomic E-state index is 7.50. The molecule has 118 valence electrons. The van der Waals surface area contributed by atoms with Crippen LogP contribution < -0.4 is 0 Å². The molecule has 0 radical (unpaired) electrons. The Hall–Kier alpha value is -1.79. The number of aryl methyl sites for hydroxylation is 1. The molecule has 0 aromatic carbocycles. The van der Waals surface area contributed by atoms with Gasteiger partial charge in [-0.05, 0) is 42.3 Å². The maximum absolute atomic E-state index is 7.50. The molecule has 0 aliphatic heterocycles. The molecule has 0 bridgehead atoms. The molecule has 7 heteroatoms. The molecule has 0 aliphatic rings. The van der Waals surface area contributed by atoms with Crippen molar-refractivity contribution in [3.8, 4) is 11.4 Å². The van der Waals surface area contributed by atoms with E-state index in [0.29, 0.717) is 0 Å². The summed E-state index contributed by atoms with van der Waals surface area (Å²) in [5, 5.41) is 0. The van der Waals surface area contributed by atoms with Crippen LogP contribution in [0.25, 0.3) is 17.5 Å². The summed E-state index contributed by atoms with van der Waals surface area (Å²) in [4.78, 5) is 8.58. The van der Waals surface area contributed by atoms with Gasteiger partial charge in [0.2, 0.25) is 0 Å². The van der Waals surface area contributed by atoms with Gasteiger partial charge >= 0.3 is 61.6 Å². The molecule has 0 fully saturated rings. The monoisotopic (exact) mass is 502 g/mol. The zero-order valence-electron chi connectivity index (χ0n) is 12.1. The minimum absolute atomic E-state index is 0.885. The molecule has 2 aromatic heterocycles. The van der Waals surface area contributed by atoms with Gasteiger partial charge in [-0.25, -0.2) is 0 Å². The third-order valence-corrected chi connectivity index (χ3v) is 2.20. The number of pyridine rings is 2. The van der Waals surface area contributed by atoms with Crippen LogP contribution in [0.3, 0.4) is 0 Å². The summed E-state index contributed by atoms with van der Waals surface area (Å²) in [5.41, 5.74) is 4.03. The van der Waals surface area contributed by atoms with Crippen molar-refractivity contribution >= 4 is 15.6 Å². The normalized spacial score (nSPS) is 7.00. The fourth-order valence-electron chi connectivity index (χ4n) is 1.39. The van der Waals surface area contributed by atoms with Crippen molar-refractivity contribution < 1.29 is 32.1 Å². The molecule has 0 saturated carbocycles. The van der Waals surface area contributed by atoms with Crippen LogP contribution in [0.15, 0.2) is 43.2 Å². The average Bonchev–Trinajstić information content (AvgIpc) is 2.68. The van der Waals surface area contributed by atoms with Crippen molar-refractivity contribution in [1.82, 2.24) is 9.97 Å². The van der Waals surface area contributed by atoms with E-state index < -0.39 is 0 Å². The summed E-state index contributed by atoms with van der Waals surface area (Å²) in [6.45, 7) is 19.3. The molecule has 0 saturated heterocycles. The van der Waals surface area contributed by atoms with E-state index in [0.717, 1.165) is 17.0 Å². The van der Waals surface area contributed by atoms with Crippen LogP contribution in [-0.4, -0.2) is 9.97 Å². The standard InChI is InChI=1S/C13H12N2.3CO.ClH.Re/c1-3-11-5-7-15-13(9-11)12-8-10(2)4-6-14-12;3*1-2;;/h3-9H,1H2,2H3;;;;1H;/q;;;;;+1/p-1. The summed E-state index contributed by atoms with van der Waals surface area (Å²) < 4.78 is 22.5. The van der Waals surface area contributed by atoms with Gasteiger partial charge in [0, 0.05) is 12.4 Å². The van der Waals surface area contributed by atoms with Crippen LogP contribution in [0.4, 0.5) is 0 Å². The molecule has 0 spiro atoms. The second-order valence-corrected chi connectivity index (χ2v) is 3.40. The van der Waals surface area contributed by atoms with Crippen LogP contribution in [-0.2, 0) is 32.1 Å². The van der Waals surface area contributed by atoms with E-state index in [-0.39, 0.29) is 0 Å². The number of rotatable bonds is 2.